The first-order valence-electron chi connectivity index (χ1n) is 6.88. The van der Waals surface area contributed by atoms with Crippen LogP contribution in [-0.4, -0.2) is 23.7 Å². The second kappa shape index (κ2) is 4.79. The summed E-state index contributed by atoms with van der Waals surface area (Å²) >= 11 is 3.49. The molecule has 1 aliphatic carbocycles. The summed E-state index contributed by atoms with van der Waals surface area (Å²) in [5.41, 5.74) is 0.450. The molecule has 5 nitrogen and oxygen atoms in total. The summed E-state index contributed by atoms with van der Waals surface area (Å²) in [7, 11) is -3.54. The number of sulfonamides is 1. The van der Waals surface area contributed by atoms with Gasteiger partial charge in [0.1, 0.15) is 0 Å². The number of fused-ring (bicyclic) bond motifs is 1. The fourth-order valence-electron chi connectivity index (χ4n) is 2.33. The molecule has 7 heteroatoms. The van der Waals surface area contributed by atoms with Gasteiger partial charge in [-0.1, -0.05) is 0 Å². The highest BCUT2D eigenvalue weighted by molar-refractivity contribution is 9.10. The Morgan fingerprint density at radius 3 is 2.57 bits per heavy atom. The fourth-order valence-corrected chi connectivity index (χ4v) is 4.62. The average molecular weight is 372 g/mol. The van der Waals surface area contributed by atoms with Crippen LogP contribution in [0.5, 0.6) is 0 Å². The molecule has 1 aromatic heterocycles. The van der Waals surface area contributed by atoms with E-state index >= 15 is 0 Å². The van der Waals surface area contributed by atoms with Gasteiger partial charge in [-0.3, -0.25) is 4.68 Å². The van der Waals surface area contributed by atoms with Gasteiger partial charge in [0.15, 0.2) is 0 Å². The Bertz CT molecular complexity index is 801. The van der Waals surface area contributed by atoms with Crippen LogP contribution in [0, 0.1) is 0 Å². The zero-order valence-corrected chi connectivity index (χ0v) is 14.6. The van der Waals surface area contributed by atoms with Crippen LogP contribution in [0.3, 0.4) is 0 Å². The van der Waals surface area contributed by atoms with Gasteiger partial charge in [0.05, 0.1) is 22.7 Å². The highest BCUT2D eigenvalue weighted by Crippen LogP contribution is 2.39. The van der Waals surface area contributed by atoms with Crippen molar-refractivity contribution in [3.05, 3.63) is 22.8 Å². The Balaban J connectivity index is 2.09. The largest absolute Gasteiger partial charge is 0.261 e. The third kappa shape index (κ3) is 3.00. The van der Waals surface area contributed by atoms with Crippen LogP contribution < -0.4 is 4.72 Å². The number of aromatic nitrogens is 2. The van der Waals surface area contributed by atoms with Gasteiger partial charge in [0.2, 0.25) is 10.0 Å². The van der Waals surface area contributed by atoms with Gasteiger partial charge in [0.25, 0.3) is 0 Å². The lowest BCUT2D eigenvalue weighted by atomic mass is 10.1. The van der Waals surface area contributed by atoms with E-state index in [2.05, 4.69) is 25.8 Å². The summed E-state index contributed by atoms with van der Waals surface area (Å²) in [6, 6.07) is 3.78. The van der Waals surface area contributed by atoms with Gasteiger partial charge >= 0.3 is 0 Å². The number of hydrogen-bond acceptors (Lipinski definition) is 3. The minimum Gasteiger partial charge on any atom is -0.261 e. The van der Waals surface area contributed by atoms with Crippen molar-refractivity contribution in [1.82, 2.24) is 14.5 Å². The molecule has 21 heavy (non-hydrogen) atoms. The maximum absolute atomic E-state index is 12.4. The van der Waals surface area contributed by atoms with E-state index < -0.39 is 15.6 Å². The smallest absolute Gasteiger partial charge is 0.241 e. The van der Waals surface area contributed by atoms with E-state index in [1.807, 2.05) is 25.5 Å². The summed E-state index contributed by atoms with van der Waals surface area (Å²) in [5.74, 6) is 0. The molecule has 1 aliphatic rings. The van der Waals surface area contributed by atoms with E-state index in [0.29, 0.717) is 6.04 Å². The molecule has 114 valence electrons. The second-order valence-corrected chi connectivity index (χ2v) is 9.06. The molecule has 1 N–H and O–H groups in total. The molecule has 1 fully saturated rings. The van der Waals surface area contributed by atoms with Crippen LogP contribution in [0.1, 0.15) is 39.7 Å². The van der Waals surface area contributed by atoms with E-state index in [4.69, 9.17) is 0 Å². The predicted octanol–water partition coefficient (Wildman–Crippen LogP) is 3.21. The van der Waals surface area contributed by atoms with Gasteiger partial charge in [-0.2, -0.15) is 5.10 Å². The quantitative estimate of drug-likeness (QED) is 0.900. The molecule has 0 atom stereocenters. The van der Waals surface area contributed by atoms with Crippen LogP contribution in [0.25, 0.3) is 10.9 Å². The fraction of sp³-hybridized carbons (Fsp3) is 0.500. The van der Waals surface area contributed by atoms with Crippen LogP contribution in [0.2, 0.25) is 0 Å². The summed E-state index contributed by atoms with van der Waals surface area (Å²) in [4.78, 5) is 0.257. The van der Waals surface area contributed by atoms with E-state index in [-0.39, 0.29) is 4.90 Å². The van der Waals surface area contributed by atoms with E-state index in [1.54, 1.807) is 18.3 Å². The first-order valence-corrected chi connectivity index (χ1v) is 9.16. The third-order valence-corrected chi connectivity index (χ3v) is 5.60. The molecule has 1 aromatic carbocycles. The van der Waals surface area contributed by atoms with Crippen molar-refractivity contribution >= 4 is 36.9 Å². The van der Waals surface area contributed by atoms with Crippen molar-refractivity contribution < 1.29 is 8.42 Å². The highest BCUT2D eigenvalue weighted by Gasteiger charge is 2.28. The Kier molecular flexibility index (Phi) is 3.42. The Morgan fingerprint density at radius 2 is 2.00 bits per heavy atom. The van der Waals surface area contributed by atoms with Gasteiger partial charge in [-0.05, 0) is 61.7 Å². The van der Waals surface area contributed by atoms with Crippen LogP contribution in [0.15, 0.2) is 27.7 Å². The molecule has 0 radical (unpaired) electrons. The predicted molar refractivity (Wildman–Crippen MR) is 85.8 cm³/mol. The van der Waals surface area contributed by atoms with Crippen molar-refractivity contribution in [2.75, 3.05) is 0 Å². The normalized spacial score (nSPS) is 16.6. The Labute approximate surface area is 132 Å². The lowest BCUT2D eigenvalue weighted by molar-refractivity contribution is 0.491. The number of hydrogen-bond donors (Lipinski definition) is 1. The van der Waals surface area contributed by atoms with E-state index in [9.17, 15) is 8.42 Å². The molecule has 2 aromatic rings. The number of halogens is 1. The number of benzene rings is 1. The van der Waals surface area contributed by atoms with Crippen molar-refractivity contribution in [3.63, 3.8) is 0 Å². The lowest BCUT2D eigenvalue weighted by Crippen LogP contribution is -2.40. The summed E-state index contributed by atoms with van der Waals surface area (Å²) in [5, 5.41) is 5.23. The minimum absolute atomic E-state index is 0.257. The van der Waals surface area contributed by atoms with Crippen LogP contribution in [-0.2, 0) is 10.0 Å². The molecule has 1 saturated carbocycles. The SMILES string of the molecule is CC(C)(C)NS(=O)(=O)c1cc(Br)c2c(cnn2C2CC2)c1. The summed E-state index contributed by atoms with van der Waals surface area (Å²) in [6.45, 7) is 5.47. The monoisotopic (exact) mass is 371 g/mol. The van der Waals surface area contributed by atoms with Crippen molar-refractivity contribution in [2.24, 2.45) is 0 Å². The van der Waals surface area contributed by atoms with E-state index in [0.717, 1.165) is 28.2 Å². The van der Waals surface area contributed by atoms with Crippen molar-refractivity contribution in [2.45, 2.75) is 50.1 Å². The molecule has 1 heterocycles. The molecule has 0 aliphatic heterocycles. The number of rotatable bonds is 3. The maximum Gasteiger partial charge on any atom is 0.241 e. The first kappa shape index (κ1) is 15.0. The van der Waals surface area contributed by atoms with Crippen LogP contribution >= 0.6 is 15.9 Å². The summed E-state index contributed by atoms with van der Waals surface area (Å²) < 4.78 is 30.3. The maximum atomic E-state index is 12.4. The number of nitrogens with zero attached hydrogens (tertiary/aromatic N) is 2. The van der Waals surface area contributed by atoms with Gasteiger partial charge < -0.3 is 0 Å². The van der Waals surface area contributed by atoms with Gasteiger partial charge in [-0.25, -0.2) is 13.1 Å². The van der Waals surface area contributed by atoms with Crippen LogP contribution in [0.4, 0.5) is 0 Å². The Morgan fingerprint density at radius 1 is 1.33 bits per heavy atom. The molecule has 0 saturated heterocycles. The minimum atomic E-state index is -3.54. The molecule has 0 bridgehead atoms. The summed E-state index contributed by atoms with van der Waals surface area (Å²) in [6.07, 6.45) is 4.00. The first-order chi connectivity index (χ1) is 9.67. The highest BCUT2D eigenvalue weighted by atomic mass is 79.9. The molecule has 0 unspecified atom stereocenters. The Hall–Kier alpha value is -0.920. The van der Waals surface area contributed by atoms with Crippen molar-refractivity contribution in [1.29, 1.82) is 0 Å². The zero-order chi connectivity index (χ0) is 15.4. The second-order valence-electron chi connectivity index (χ2n) is 6.52. The topological polar surface area (TPSA) is 64.0 Å². The average Bonchev–Trinajstić information content (AvgIpc) is 3.06. The lowest BCUT2D eigenvalue weighted by Gasteiger charge is -2.20. The molecular formula is C14H18BrN3O2S. The van der Waals surface area contributed by atoms with Gasteiger partial charge in [0, 0.05) is 15.4 Å². The molecular weight excluding hydrogens is 354 g/mol. The molecule has 3 rings (SSSR count). The zero-order valence-electron chi connectivity index (χ0n) is 12.2. The van der Waals surface area contributed by atoms with E-state index in [1.165, 1.54) is 0 Å². The number of nitrogens with one attached hydrogen (secondary N) is 1. The van der Waals surface area contributed by atoms with Crippen molar-refractivity contribution in [3.8, 4) is 0 Å². The molecule has 0 spiro atoms. The van der Waals surface area contributed by atoms with Gasteiger partial charge in [-0.15, -0.1) is 0 Å². The standard InChI is InChI=1S/C14H18BrN3O2S/c1-14(2,3)17-21(19,20)11-6-9-8-16-18(10-4-5-10)13(9)12(15)7-11/h6-8,10,17H,4-5H2,1-3H3. The third-order valence-electron chi connectivity index (χ3n) is 3.26. The molecule has 0 amide bonds.